The van der Waals surface area contributed by atoms with Crippen LogP contribution >= 0.6 is 11.3 Å². The molecule has 0 bridgehead atoms. The lowest BCUT2D eigenvalue weighted by Gasteiger charge is -2.19. The van der Waals surface area contributed by atoms with Gasteiger partial charge >= 0.3 is 0 Å². The SMILES string of the molecule is Cc1nc(NC(=O)CCc2ccc(C(C)(C)C)cc2)sc1C. The summed E-state index contributed by atoms with van der Waals surface area (Å²) >= 11 is 1.53. The largest absolute Gasteiger partial charge is 0.302 e. The molecule has 3 nitrogen and oxygen atoms in total. The Morgan fingerprint density at radius 2 is 1.82 bits per heavy atom. The highest BCUT2D eigenvalue weighted by molar-refractivity contribution is 7.15. The number of rotatable bonds is 4. The van der Waals surface area contributed by atoms with Crippen molar-refractivity contribution in [1.82, 2.24) is 4.98 Å². The number of benzene rings is 1. The molecule has 1 aromatic carbocycles. The fourth-order valence-electron chi connectivity index (χ4n) is 2.14. The summed E-state index contributed by atoms with van der Waals surface area (Å²) < 4.78 is 0. The molecule has 0 radical (unpaired) electrons. The van der Waals surface area contributed by atoms with Crippen molar-refractivity contribution in [2.24, 2.45) is 0 Å². The topological polar surface area (TPSA) is 42.0 Å². The molecule has 2 aromatic rings. The van der Waals surface area contributed by atoms with Gasteiger partial charge in [-0.2, -0.15) is 0 Å². The second kappa shape index (κ2) is 6.61. The normalized spacial score (nSPS) is 11.5. The zero-order valence-corrected chi connectivity index (χ0v) is 14.8. The van der Waals surface area contributed by atoms with E-state index in [-0.39, 0.29) is 11.3 Å². The average Bonchev–Trinajstić information content (AvgIpc) is 2.74. The van der Waals surface area contributed by atoms with Gasteiger partial charge in [0.2, 0.25) is 5.91 Å². The van der Waals surface area contributed by atoms with E-state index in [0.717, 1.165) is 17.0 Å². The van der Waals surface area contributed by atoms with Crippen molar-refractivity contribution in [3.05, 3.63) is 46.0 Å². The lowest BCUT2D eigenvalue weighted by atomic mass is 9.86. The minimum Gasteiger partial charge on any atom is -0.302 e. The maximum absolute atomic E-state index is 12.0. The highest BCUT2D eigenvalue weighted by Gasteiger charge is 2.13. The Bertz CT molecular complexity index is 631. The smallest absolute Gasteiger partial charge is 0.226 e. The molecule has 0 unspecified atom stereocenters. The molecule has 0 aliphatic carbocycles. The summed E-state index contributed by atoms with van der Waals surface area (Å²) in [5, 5.41) is 3.58. The Hall–Kier alpha value is -1.68. The lowest BCUT2D eigenvalue weighted by molar-refractivity contribution is -0.116. The molecule has 2 rings (SSSR count). The molecule has 22 heavy (non-hydrogen) atoms. The van der Waals surface area contributed by atoms with E-state index < -0.39 is 0 Å². The minimum absolute atomic E-state index is 0.0219. The third kappa shape index (κ3) is 4.41. The molecule has 0 spiro atoms. The number of nitrogens with one attached hydrogen (secondary N) is 1. The molecule has 118 valence electrons. The van der Waals surface area contributed by atoms with E-state index in [2.05, 4.69) is 55.3 Å². The second-order valence-electron chi connectivity index (χ2n) is 6.66. The molecule has 1 aromatic heterocycles. The van der Waals surface area contributed by atoms with Crippen LogP contribution in [0.15, 0.2) is 24.3 Å². The van der Waals surface area contributed by atoms with Crippen LogP contribution in [0.5, 0.6) is 0 Å². The molecule has 4 heteroatoms. The van der Waals surface area contributed by atoms with Crippen LogP contribution in [0.1, 0.15) is 48.9 Å². The molecule has 0 saturated carbocycles. The molecular formula is C18H24N2OS. The summed E-state index contributed by atoms with van der Waals surface area (Å²) in [7, 11) is 0. The maximum Gasteiger partial charge on any atom is 0.226 e. The van der Waals surface area contributed by atoms with Gasteiger partial charge in [0, 0.05) is 11.3 Å². The molecule has 0 fully saturated rings. The van der Waals surface area contributed by atoms with Gasteiger partial charge in [-0.1, -0.05) is 45.0 Å². The number of nitrogens with zero attached hydrogens (tertiary/aromatic N) is 1. The predicted octanol–water partition coefficient (Wildman–Crippen LogP) is 4.63. The van der Waals surface area contributed by atoms with Crippen LogP contribution < -0.4 is 5.32 Å². The fourth-order valence-corrected chi connectivity index (χ4v) is 2.97. The molecule has 1 N–H and O–H groups in total. The van der Waals surface area contributed by atoms with E-state index in [1.54, 1.807) is 0 Å². The van der Waals surface area contributed by atoms with Gasteiger partial charge in [0.1, 0.15) is 0 Å². The Kier molecular flexibility index (Phi) is 5.01. The molecule has 1 heterocycles. The zero-order valence-electron chi connectivity index (χ0n) is 14.0. The molecular weight excluding hydrogens is 292 g/mol. The van der Waals surface area contributed by atoms with Crippen molar-refractivity contribution >= 4 is 22.4 Å². The number of carbonyl (C=O) groups is 1. The number of aromatic nitrogens is 1. The van der Waals surface area contributed by atoms with Crippen molar-refractivity contribution in [2.75, 3.05) is 5.32 Å². The molecule has 0 aliphatic rings. The summed E-state index contributed by atoms with van der Waals surface area (Å²) in [6, 6.07) is 8.54. The van der Waals surface area contributed by atoms with Crippen molar-refractivity contribution in [2.45, 2.75) is 52.9 Å². The van der Waals surface area contributed by atoms with Crippen molar-refractivity contribution in [3.63, 3.8) is 0 Å². The first-order valence-electron chi connectivity index (χ1n) is 7.59. The van der Waals surface area contributed by atoms with Crippen LogP contribution in [0.2, 0.25) is 0 Å². The number of aryl methyl sites for hydroxylation is 3. The number of amides is 1. The number of anilines is 1. The Morgan fingerprint density at radius 3 is 2.32 bits per heavy atom. The highest BCUT2D eigenvalue weighted by Crippen LogP contribution is 2.23. The summed E-state index contributed by atoms with van der Waals surface area (Å²) in [4.78, 5) is 17.5. The summed E-state index contributed by atoms with van der Waals surface area (Å²) in [6.07, 6.45) is 1.23. The van der Waals surface area contributed by atoms with Gasteiger partial charge in [-0.05, 0) is 36.8 Å². The first-order valence-corrected chi connectivity index (χ1v) is 8.40. The van der Waals surface area contributed by atoms with E-state index in [0.29, 0.717) is 11.6 Å². The molecule has 0 saturated heterocycles. The summed E-state index contributed by atoms with van der Waals surface area (Å²) in [6.45, 7) is 10.6. The van der Waals surface area contributed by atoms with Gasteiger partial charge in [0.05, 0.1) is 5.69 Å². The van der Waals surface area contributed by atoms with E-state index in [1.165, 1.54) is 22.5 Å². The maximum atomic E-state index is 12.0. The van der Waals surface area contributed by atoms with Crippen molar-refractivity contribution < 1.29 is 4.79 Å². The Morgan fingerprint density at radius 1 is 1.18 bits per heavy atom. The molecule has 1 amide bonds. The molecule has 0 atom stereocenters. The minimum atomic E-state index is 0.0219. The van der Waals surface area contributed by atoms with Gasteiger partial charge in [0.15, 0.2) is 5.13 Å². The average molecular weight is 316 g/mol. The number of hydrogen-bond acceptors (Lipinski definition) is 3. The van der Waals surface area contributed by atoms with E-state index >= 15 is 0 Å². The highest BCUT2D eigenvalue weighted by atomic mass is 32.1. The summed E-state index contributed by atoms with van der Waals surface area (Å²) in [5.74, 6) is 0.0219. The van der Waals surface area contributed by atoms with E-state index in [1.807, 2.05) is 13.8 Å². The number of thiazole rings is 1. The van der Waals surface area contributed by atoms with E-state index in [4.69, 9.17) is 0 Å². The third-order valence-corrected chi connectivity index (χ3v) is 4.72. The van der Waals surface area contributed by atoms with E-state index in [9.17, 15) is 4.79 Å². The van der Waals surface area contributed by atoms with Gasteiger partial charge in [0.25, 0.3) is 0 Å². The Balaban J connectivity index is 1.88. The fraction of sp³-hybridized carbons (Fsp3) is 0.444. The summed E-state index contributed by atoms with van der Waals surface area (Å²) in [5.41, 5.74) is 3.65. The van der Waals surface area contributed by atoms with Crippen LogP contribution in [0.25, 0.3) is 0 Å². The van der Waals surface area contributed by atoms with Gasteiger partial charge in [-0.15, -0.1) is 11.3 Å². The zero-order chi connectivity index (χ0) is 16.3. The van der Waals surface area contributed by atoms with Gasteiger partial charge in [-0.25, -0.2) is 4.98 Å². The quantitative estimate of drug-likeness (QED) is 0.893. The molecule has 0 aliphatic heterocycles. The van der Waals surface area contributed by atoms with Crippen LogP contribution in [0.4, 0.5) is 5.13 Å². The first kappa shape index (κ1) is 16.7. The van der Waals surface area contributed by atoms with Crippen LogP contribution in [-0.4, -0.2) is 10.9 Å². The third-order valence-electron chi connectivity index (χ3n) is 3.74. The predicted molar refractivity (Wildman–Crippen MR) is 93.7 cm³/mol. The van der Waals surface area contributed by atoms with Crippen molar-refractivity contribution in [1.29, 1.82) is 0 Å². The monoisotopic (exact) mass is 316 g/mol. The number of hydrogen-bond donors (Lipinski definition) is 1. The van der Waals surface area contributed by atoms with Crippen LogP contribution in [-0.2, 0) is 16.6 Å². The lowest BCUT2D eigenvalue weighted by Crippen LogP contribution is -2.13. The Labute approximate surface area is 136 Å². The van der Waals surface area contributed by atoms with Crippen LogP contribution in [0.3, 0.4) is 0 Å². The van der Waals surface area contributed by atoms with Crippen molar-refractivity contribution in [3.8, 4) is 0 Å². The van der Waals surface area contributed by atoms with Gasteiger partial charge in [-0.3, -0.25) is 4.79 Å². The standard InChI is InChI=1S/C18H24N2OS/c1-12-13(2)22-17(19-12)20-16(21)11-8-14-6-9-15(10-7-14)18(3,4)5/h6-7,9-10H,8,11H2,1-5H3,(H,19,20,21). The first-order chi connectivity index (χ1) is 10.3. The number of carbonyl (C=O) groups excluding carboxylic acids is 1. The second-order valence-corrected chi connectivity index (χ2v) is 7.86. The van der Waals surface area contributed by atoms with Gasteiger partial charge < -0.3 is 5.32 Å². The van der Waals surface area contributed by atoms with Crippen LogP contribution in [0, 0.1) is 13.8 Å².